The Morgan fingerprint density at radius 2 is 1.64 bits per heavy atom. The van der Waals surface area contributed by atoms with Crippen LogP contribution in [0.3, 0.4) is 0 Å². The molecule has 0 aliphatic rings. The van der Waals surface area contributed by atoms with Gasteiger partial charge in [-0.2, -0.15) is 0 Å². The van der Waals surface area contributed by atoms with Gasteiger partial charge in [0.25, 0.3) is 0 Å². The molecule has 5 nitrogen and oxygen atoms in total. The number of carbonyl (C=O) groups excluding carboxylic acids is 2. The quantitative estimate of drug-likeness (QED) is 0.518. The van der Waals surface area contributed by atoms with E-state index < -0.39 is 0 Å². The number of carbonyl (C=O) groups is 2. The van der Waals surface area contributed by atoms with Crippen molar-refractivity contribution in [1.82, 2.24) is 0 Å². The molecule has 0 spiro atoms. The lowest BCUT2D eigenvalue weighted by molar-refractivity contribution is -0.134. The maximum absolute atomic E-state index is 10.8. The van der Waals surface area contributed by atoms with E-state index in [9.17, 15) is 9.59 Å². The van der Waals surface area contributed by atoms with Crippen molar-refractivity contribution in [3.05, 3.63) is 54.6 Å². The molecule has 0 heterocycles. The van der Waals surface area contributed by atoms with Gasteiger partial charge in [-0.1, -0.05) is 25.1 Å². The lowest BCUT2D eigenvalue weighted by Gasteiger charge is -1.99. The van der Waals surface area contributed by atoms with Crippen LogP contribution < -0.4 is 10.1 Å². The van der Waals surface area contributed by atoms with Gasteiger partial charge in [-0.05, 0) is 36.4 Å². The molecule has 0 atom stereocenters. The van der Waals surface area contributed by atoms with Crippen molar-refractivity contribution in [3.63, 3.8) is 0 Å². The van der Waals surface area contributed by atoms with Crippen LogP contribution in [0.2, 0.25) is 0 Å². The number of phenolic OH excluding ortho intramolecular Hbond substituents is 1. The molecule has 0 saturated heterocycles. The predicted octanol–water partition coefficient (Wildman–Crippen LogP) is 3.35. The van der Waals surface area contributed by atoms with Crippen LogP contribution in [0.15, 0.2) is 54.6 Å². The summed E-state index contributed by atoms with van der Waals surface area (Å²) in [6.45, 7) is 3.21. The van der Waals surface area contributed by atoms with Crippen LogP contribution in [0.1, 0.15) is 20.3 Å². The van der Waals surface area contributed by atoms with E-state index in [1.165, 1.54) is 19.1 Å². The molecular weight excluding hydrogens is 282 g/mol. The summed E-state index contributed by atoms with van der Waals surface area (Å²) in [5, 5.41) is 11.5. The molecule has 0 aliphatic carbocycles. The highest BCUT2D eigenvalue weighted by atomic mass is 16.5. The summed E-state index contributed by atoms with van der Waals surface area (Å²) in [6, 6.07) is 15.4. The van der Waals surface area contributed by atoms with Gasteiger partial charge in [-0.25, -0.2) is 0 Å². The van der Waals surface area contributed by atoms with Gasteiger partial charge in [-0.3, -0.25) is 9.59 Å². The number of hydrogen-bond acceptors (Lipinski definition) is 4. The monoisotopic (exact) mass is 301 g/mol. The number of aromatic hydroxyl groups is 1. The molecule has 0 saturated carbocycles. The van der Waals surface area contributed by atoms with E-state index in [2.05, 4.69) is 5.32 Å². The molecular formula is C17H19NO4. The third-order valence-corrected chi connectivity index (χ3v) is 2.45. The number of rotatable bonds is 3. The van der Waals surface area contributed by atoms with E-state index in [-0.39, 0.29) is 17.6 Å². The zero-order valence-corrected chi connectivity index (χ0v) is 12.6. The second-order valence-electron chi connectivity index (χ2n) is 4.37. The number of hydrogen-bond donors (Lipinski definition) is 2. The number of para-hydroxylation sites is 1. The molecule has 0 aromatic heterocycles. The van der Waals surface area contributed by atoms with Crippen molar-refractivity contribution in [2.24, 2.45) is 0 Å². The van der Waals surface area contributed by atoms with Crippen molar-refractivity contribution < 1.29 is 19.4 Å². The third-order valence-electron chi connectivity index (χ3n) is 2.45. The first-order chi connectivity index (χ1) is 10.5. The maximum atomic E-state index is 10.8. The van der Waals surface area contributed by atoms with Crippen LogP contribution in [0, 0.1) is 0 Å². The first kappa shape index (κ1) is 17.2. The smallest absolute Gasteiger partial charge is 0.310 e. The van der Waals surface area contributed by atoms with Crippen molar-refractivity contribution in [3.8, 4) is 11.5 Å². The van der Waals surface area contributed by atoms with E-state index in [1.807, 2.05) is 18.2 Å². The minimum absolute atomic E-state index is 0.115. The fourth-order valence-electron chi connectivity index (χ4n) is 1.44. The summed E-state index contributed by atoms with van der Waals surface area (Å²) in [6.07, 6.45) is 0.412. The fourth-order valence-corrected chi connectivity index (χ4v) is 1.44. The van der Waals surface area contributed by atoms with Gasteiger partial charge < -0.3 is 15.2 Å². The second-order valence-corrected chi connectivity index (χ2v) is 4.37. The summed E-state index contributed by atoms with van der Waals surface area (Å²) in [5.41, 5.74) is 0.690. The minimum atomic E-state index is -0.198. The third kappa shape index (κ3) is 7.09. The van der Waals surface area contributed by atoms with E-state index in [0.717, 1.165) is 0 Å². The van der Waals surface area contributed by atoms with Gasteiger partial charge in [0.05, 0.1) is 0 Å². The van der Waals surface area contributed by atoms with Crippen molar-refractivity contribution >= 4 is 17.6 Å². The number of anilines is 1. The molecule has 5 heteroatoms. The SMILES string of the molecule is CC(=O)Nc1ccc(O)cc1.CCC(=O)Oc1ccccc1. The number of phenols is 1. The first-order valence-electron chi connectivity index (χ1n) is 6.83. The van der Waals surface area contributed by atoms with Gasteiger partial charge in [0.1, 0.15) is 11.5 Å². The average molecular weight is 301 g/mol. The normalized spacial score (nSPS) is 9.18. The Morgan fingerprint density at radius 3 is 2.14 bits per heavy atom. The average Bonchev–Trinajstić information content (AvgIpc) is 2.51. The van der Waals surface area contributed by atoms with E-state index in [1.54, 1.807) is 31.2 Å². The minimum Gasteiger partial charge on any atom is -0.508 e. The molecule has 0 unspecified atom stereocenters. The molecule has 2 rings (SSSR count). The molecule has 22 heavy (non-hydrogen) atoms. The predicted molar refractivity (Wildman–Crippen MR) is 84.8 cm³/mol. The Bertz CT molecular complexity index is 594. The van der Waals surface area contributed by atoms with Crippen molar-refractivity contribution in [1.29, 1.82) is 0 Å². The fraction of sp³-hybridized carbons (Fsp3) is 0.176. The summed E-state index contributed by atoms with van der Waals surface area (Å²) in [4.78, 5) is 21.3. The van der Waals surface area contributed by atoms with Gasteiger partial charge in [-0.15, -0.1) is 0 Å². The summed E-state index contributed by atoms with van der Waals surface area (Å²) in [7, 11) is 0. The van der Waals surface area contributed by atoms with Crippen LogP contribution in [0.5, 0.6) is 11.5 Å². The van der Waals surface area contributed by atoms with Crippen LogP contribution in [0.4, 0.5) is 5.69 Å². The number of benzene rings is 2. The number of esters is 1. The van der Waals surface area contributed by atoms with Crippen LogP contribution in [-0.4, -0.2) is 17.0 Å². The van der Waals surface area contributed by atoms with E-state index in [4.69, 9.17) is 9.84 Å². The van der Waals surface area contributed by atoms with Gasteiger partial charge >= 0.3 is 5.97 Å². The molecule has 0 bridgehead atoms. The molecule has 0 fully saturated rings. The number of amides is 1. The number of nitrogens with one attached hydrogen (secondary N) is 1. The Hall–Kier alpha value is -2.82. The topological polar surface area (TPSA) is 75.6 Å². The Morgan fingerprint density at radius 1 is 1.05 bits per heavy atom. The van der Waals surface area contributed by atoms with Crippen LogP contribution in [-0.2, 0) is 9.59 Å². The molecule has 2 N–H and O–H groups in total. The lowest BCUT2D eigenvalue weighted by Crippen LogP contribution is -2.04. The van der Waals surface area contributed by atoms with Gasteiger partial charge in [0.2, 0.25) is 5.91 Å². The molecule has 0 aliphatic heterocycles. The van der Waals surface area contributed by atoms with Crippen molar-refractivity contribution in [2.45, 2.75) is 20.3 Å². The highest BCUT2D eigenvalue weighted by Crippen LogP contribution is 2.13. The first-order valence-corrected chi connectivity index (χ1v) is 6.83. The highest BCUT2D eigenvalue weighted by molar-refractivity contribution is 5.88. The lowest BCUT2D eigenvalue weighted by atomic mass is 10.3. The van der Waals surface area contributed by atoms with Gasteiger partial charge in [0, 0.05) is 19.0 Å². The Kier molecular flexibility index (Phi) is 7.19. The van der Waals surface area contributed by atoms with Crippen LogP contribution in [0.25, 0.3) is 0 Å². The largest absolute Gasteiger partial charge is 0.508 e. The maximum Gasteiger partial charge on any atom is 0.310 e. The van der Waals surface area contributed by atoms with Crippen LogP contribution >= 0.6 is 0 Å². The molecule has 1 amide bonds. The second kappa shape index (κ2) is 9.18. The number of ether oxygens (including phenoxy) is 1. The molecule has 2 aromatic rings. The summed E-state index contributed by atoms with van der Waals surface area (Å²) < 4.78 is 4.92. The van der Waals surface area contributed by atoms with E-state index in [0.29, 0.717) is 17.9 Å². The standard InChI is InChI=1S/C9H10O2.C8H9NO2/c1-2-9(10)11-8-6-4-3-5-7-8;1-6(10)9-7-2-4-8(11)5-3-7/h3-7H,2H2,1H3;2-5,11H,1H3,(H,9,10). The summed E-state index contributed by atoms with van der Waals surface area (Å²) >= 11 is 0. The molecule has 2 aromatic carbocycles. The Labute approximate surface area is 129 Å². The highest BCUT2D eigenvalue weighted by Gasteiger charge is 1.98. The van der Waals surface area contributed by atoms with Crippen molar-refractivity contribution in [2.75, 3.05) is 5.32 Å². The van der Waals surface area contributed by atoms with Gasteiger partial charge in [0.15, 0.2) is 0 Å². The molecule has 116 valence electrons. The van der Waals surface area contributed by atoms with E-state index >= 15 is 0 Å². The summed E-state index contributed by atoms with van der Waals surface area (Å²) in [5.74, 6) is 0.491. The zero-order valence-electron chi connectivity index (χ0n) is 12.6. The molecule has 0 radical (unpaired) electrons. The Balaban J connectivity index is 0.000000220. The zero-order chi connectivity index (χ0) is 16.4.